The smallest absolute Gasteiger partial charge is 0.342 e. The summed E-state index contributed by atoms with van der Waals surface area (Å²) in [7, 11) is -1.64. The van der Waals surface area contributed by atoms with Crippen LogP contribution < -0.4 is 4.74 Å². The zero-order valence-electron chi connectivity index (χ0n) is 15.9. The number of carbonyl (C=O) groups excluding carboxylic acids is 2. The third-order valence-electron chi connectivity index (χ3n) is 4.92. The van der Waals surface area contributed by atoms with Gasteiger partial charge in [-0.05, 0) is 36.2 Å². The highest BCUT2D eigenvalue weighted by Crippen LogP contribution is 2.26. The molecule has 1 aliphatic heterocycles. The summed E-state index contributed by atoms with van der Waals surface area (Å²) in [4.78, 5) is 26.5. The number of nitrogens with zero attached hydrogens (tertiary/aromatic N) is 1. The summed E-state index contributed by atoms with van der Waals surface area (Å²) in [6, 6.07) is 10.6. The van der Waals surface area contributed by atoms with Gasteiger partial charge in [-0.2, -0.15) is 0 Å². The first kappa shape index (κ1) is 20.1. The molecular weight excluding hydrogens is 382 g/mol. The fourth-order valence-electron chi connectivity index (χ4n) is 3.50. The van der Waals surface area contributed by atoms with Crippen LogP contribution in [0.3, 0.4) is 0 Å². The zero-order valence-corrected chi connectivity index (χ0v) is 16.7. The topological polar surface area (TPSA) is 90.0 Å². The van der Waals surface area contributed by atoms with Crippen molar-refractivity contribution in [3.63, 3.8) is 0 Å². The van der Waals surface area contributed by atoms with Crippen molar-refractivity contribution in [3.05, 3.63) is 42.0 Å². The van der Waals surface area contributed by atoms with Gasteiger partial charge >= 0.3 is 5.97 Å². The Labute approximate surface area is 164 Å². The minimum Gasteiger partial charge on any atom is -0.496 e. The predicted molar refractivity (Wildman–Crippen MR) is 105 cm³/mol. The second kappa shape index (κ2) is 8.18. The van der Waals surface area contributed by atoms with Gasteiger partial charge in [0.15, 0.2) is 16.4 Å². The molecule has 1 unspecified atom stereocenters. The van der Waals surface area contributed by atoms with Gasteiger partial charge in [0.05, 0.1) is 18.6 Å². The summed E-state index contributed by atoms with van der Waals surface area (Å²) in [5.74, 6) is -0.664. The summed E-state index contributed by atoms with van der Waals surface area (Å²) >= 11 is 0. The van der Waals surface area contributed by atoms with E-state index in [1.54, 1.807) is 19.1 Å². The average molecular weight is 405 g/mol. The van der Waals surface area contributed by atoms with Crippen LogP contribution in [0.5, 0.6) is 5.75 Å². The first-order chi connectivity index (χ1) is 13.3. The van der Waals surface area contributed by atoms with Crippen LogP contribution in [0.2, 0.25) is 0 Å². The number of amides is 1. The molecular formula is C20H23NO6S. The molecule has 7 nitrogen and oxygen atoms in total. The molecule has 0 bridgehead atoms. The fourth-order valence-corrected chi connectivity index (χ4v) is 5.23. The number of ether oxygens (including phenoxy) is 2. The van der Waals surface area contributed by atoms with Gasteiger partial charge in [0.1, 0.15) is 11.3 Å². The molecule has 0 spiro atoms. The number of fused-ring (bicyclic) bond motifs is 1. The van der Waals surface area contributed by atoms with Gasteiger partial charge in [-0.3, -0.25) is 4.79 Å². The molecule has 8 heteroatoms. The average Bonchev–Trinajstić information content (AvgIpc) is 3.04. The molecule has 1 fully saturated rings. The quantitative estimate of drug-likeness (QED) is 0.683. The molecule has 1 aliphatic rings. The third-order valence-corrected chi connectivity index (χ3v) is 6.68. The lowest BCUT2D eigenvalue weighted by Crippen LogP contribution is -2.43. The van der Waals surface area contributed by atoms with Crippen LogP contribution >= 0.6 is 0 Å². The molecule has 1 heterocycles. The van der Waals surface area contributed by atoms with Gasteiger partial charge in [0.25, 0.3) is 5.91 Å². The number of sulfone groups is 1. The maximum Gasteiger partial charge on any atom is 0.342 e. The Morgan fingerprint density at radius 3 is 2.43 bits per heavy atom. The van der Waals surface area contributed by atoms with Crippen molar-refractivity contribution in [1.82, 2.24) is 4.90 Å². The highest BCUT2D eigenvalue weighted by atomic mass is 32.2. The summed E-state index contributed by atoms with van der Waals surface area (Å²) in [5, 5.41) is 1.78. The summed E-state index contributed by atoms with van der Waals surface area (Å²) in [6.45, 7) is 1.69. The summed E-state index contributed by atoms with van der Waals surface area (Å²) in [5.41, 5.74) is 0.237. The van der Waals surface area contributed by atoms with Gasteiger partial charge in [-0.25, -0.2) is 13.2 Å². The van der Waals surface area contributed by atoms with Crippen molar-refractivity contribution in [2.75, 3.05) is 31.8 Å². The lowest BCUT2D eigenvalue weighted by Gasteiger charge is -2.26. The van der Waals surface area contributed by atoms with E-state index in [0.717, 1.165) is 10.8 Å². The van der Waals surface area contributed by atoms with E-state index in [4.69, 9.17) is 9.47 Å². The molecule has 2 aromatic rings. The summed E-state index contributed by atoms with van der Waals surface area (Å²) in [6.07, 6.45) is 0.411. The molecule has 1 saturated heterocycles. The van der Waals surface area contributed by atoms with Crippen LogP contribution in [0.1, 0.15) is 23.7 Å². The maximum atomic E-state index is 12.5. The number of hydrogen-bond donors (Lipinski definition) is 0. The molecule has 28 heavy (non-hydrogen) atoms. The number of esters is 1. The van der Waals surface area contributed by atoms with Gasteiger partial charge in [-0.1, -0.05) is 24.3 Å². The van der Waals surface area contributed by atoms with E-state index in [-0.39, 0.29) is 23.1 Å². The molecule has 150 valence electrons. The van der Waals surface area contributed by atoms with E-state index in [2.05, 4.69) is 0 Å². The van der Waals surface area contributed by atoms with Crippen molar-refractivity contribution in [2.24, 2.45) is 0 Å². The molecule has 2 aromatic carbocycles. The monoisotopic (exact) mass is 405 g/mol. The van der Waals surface area contributed by atoms with Crippen molar-refractivity contribution in [3.8, 4) is 5.75 Å². The molecule has 0 N–H and O–H groups in total. The maximum absolute atomic E-state index is 12.5. The molecule has 0 aliphatic carbocycles. The van der Waals surface area contributed by atoms with Crippen molar-refractivity contribution in [1.29, 1.82) is 0 Å². The van der Waals surface area contributed by atoms with Crippen LogP contribution in [-0.2, 0) is 19.4 Å². The SMILES string of the molecule is CCN(C(=O)COC(=O)c1cc2ccccc2cc1OC)C1CCS(=O)(=O)C1. The number of hydrogen-bond acceptors (Lipinski definition) is 6. The second-order valence-corrected chi connectivity index (χ2v) is 8.94. The highest BCUT2D eigenvalue weighted by molar-refractivity contribution is 7.91. The van der Waals surface area contributed by atoms with Crippen LogP contribution in [0, 0.1) is 0 Å². The Hall–Kier alpha value is -2.61. The number of likely N-dealkylation sites (N-methyl/N-ethyl adjacent to an activating group) is 1. The molecule has 0 aromatic heterocycles. The van der Waals surface area contributed by atoms with E-state index in [1.807, 2.05) is 24.3 Å². The lowest BCUT2D eigenvalue weighted by atomic mass is 10.1. The Kier molecular flexibility index (Phi) is 5.88. The minimum absolute atomic E-state index is 0.0426. The minimum atomic E-state index is -3.11. The highest BCUT2D eigenvalue weighted by Gasteiger charge is 2.34. The normalized spacial score (nSPS) is 18.0. The second-order valence-electron chi connectivity index (χ2n) is 6.71. The Balaban J connectivity index is 1.71. The van der Waals surface area contributed by atoms with Gasteiger partial charge in [0.2, 0.25) is 0 Å². The van der Waals surface area contributed by atoms with E-state index >= 15 is 0 Å². The zero-order chi connectivity index (χ0) is 20.3. The molecule has 0 saturated carbocycles. The predicted octanol–water partition coefficient (Wildman–Crippen LogP) is 2.04. The van der Waals surface area contributed by atoms with Crippen molar-refractivity contribution in [2.45, 2.75) is 19.4 Å². The van der Waals surface area contributed by atoms with E-state index in [9.17, 15) is 18.0 Å². The number of carbonyl (C=O) groups is 2. The van der Waals surface area contributed by atoms with Crippen LogP contribution in [0.4, 0.5) is 0 Å². The molecule has 0 radical (unpaired) electrons. The van der Waals surface area contributed by atoms with Gasteiger partial charge in [0, 0.05) is 12.6 Å². The first-order valence-electron chi connectivity index (χ1n) is 9.08. The van der Waals surface area contributed by atoms with Crippen LogP contribution in [0.25, 0.3) is 10.8 Å². The Bertz CT molecular complexity index is 1000. The van der Waals surface area contributed by atoms with E-state index in [0.29, 0.717) is 18.7 Å². The van der Waals surface area contributed by atoms with Crippen LogP contribution in [0.15, 0.2) is 36.4 Å². The van der Waals surface area contributed by atoms with E-state index in [1.165, 1.54) is 12.0 Å². The molecule has 1 amide bonds. The number of benzene rings is 2. The fraction of sp³-hybridized carbons (Fsp3) is 0.400. The molecule has 1 atom stereocenters. The van der Waals surface area contributed by atoms with Gasteiger partial charge < -0.3 is 14.4 Å². The number of methoxy groups -OCH3 is 1. The van der Waals surface area contributed by atoms with Crippen molar-refractivity contribution >= 4 is 32.5 Å². The Morgan fingerprint density at radius 2 is 1.86 bits per heavy atom. The van der Waals surface area contributed by atoms with Crippen LogP contribution in [-0.4, -0.2) is 63.0 Å². The summed E-state index contributed by atoms with van der Waals surface area (Å²) < 4.78 is 33.9. The first-order valence-corrected chi connectivity index (χ1v) is 10.9. The Morgan fingerprint density at radius 1 is 1.18 bits per heavy atom. The third kappa shape index (κ3) is 4.27. The standard InChI is InChI=1S/C20H23NO6S/c1-3-21(16-8-9-28(24,25)13-16)19(22)12-27-20(23)17-10-14-6-4-5-7-15(14)11-18(17)26-2/h4-7,10-11,16H,3,8-9,12-13H2,1-2H3. The largest absolute Gasteiger partial charge is 0.496 e. The van der Waals surface area contributed by atoms with Gasteiger partial charge in [-0.15, -0.1) is 0 Å². The lowest BCUT2D eigenvalue weighted by molar-refractivity contribution is -0.136. The molecule has 3 rings (SSSR count). The number of rotatable bonds is 6. The van der Waals surface area contributed by atoms with E-state index < -0.39 is 28.3 Å². The van der Waals surface area contributed by atoms with Crippen molar-refractivity contribution < 1.29 is 27.5 Å².